The van der Waals surface area contributed by atoms with Gasteiger partial charge in [0.15, 0.2) is 0 Å². The van der Waals surface area contributed by atoms with Gasteiger partial charge in [0.05, 0.1) is 4.47 Å². The third kappa shape index (κ3) is 2.77. The summed E-state index contributed by atoms with van der Waals surface area (Å²) < 4.78 is 0.781. The number of hydrogen-bond acceptors (Lipinski definition) is 2. The molecule has 0 spiro atoms. The van der Waals surface area contributed by atoms with Crippen molar-refractivity contribution in [3.8, 4) is 5.75 Å². The maximum absolute atomic E-state index is 9.90. The summed E-state index contributed by atoms with van der Waals surface area (Å²) in [5.41, 5.74) is 2.14. The Balaban J connectivity index is 2.02. The van der Waals surface area contributed by atoms with E-state index in [1.807, 2.05) is 19.1 Å². The number of hydrogen-bond donors (Lipinski definition) is 2. The van der Waals surface area contributed by atoms with E-state index in [2.05, 4.69) is 28.2 Å². The molecule has 1 aromatic rings. The Labute approximate surface area is 105 Å². The zero-order valence-electron chi connectivity index (χ0n) is 9.76. The number of nitrogens with one attached hydrogen (secondary N) is 1. The first kappa shape index (κ1) is 11.9. The minimum atomic E-state index is 0.362. The molecule has 1 aliphatic carbocycles. The van der Waals surface area contributed by atoms with Gasteiger partial charge >= 0.3 is 0 Å². The molecule has 0 aromatic heterocycles. The Morgan fingerprint density at radius 2 is 2.19 bits per heavy atom. The lowest BCUT2D eigenvalue weighted by molar-refractivity contribution is 0.448. The molecule has 0 bridgehead atoms. The molecule has 2 N–H and O–H groups in total. The van der Waals surface area contributed by atoms with Crippen molar-refractivity contribution in [3.63, 3.8) is 0 Å². The summed E-state index contributed by atoms with van der Waals surface area (Å²) in [5, 5.41) is 13.4. The molecular formula is C13H18BrNO. The van der Waals surface area contributed by atoms with Gasteiger partial charge in [0.2, 0.25) is 0 Å². The summed E-state index contributed by atoms with van der Waals surface area (Å²) >= 11 is 3.37. The summed E-state index contributed by atoms with van der Waals surface area (Å²) in [6.45, 7) is 5.00. The minimum Gasteiger partial charge on any atom is -0.506 e. The van der Waals surface area contributed by atoms with Crippen LogP contribution in [0.3, 0.4) is 0 Å². The van der Waals surface area contributed by atoms with E-state index in [-0.39, 0.29) is 0 Å². The number of aromatic hydroxyl groups is 1. The first-order chi connectivity index (χ1) is 7.58. The Bertz CT molecular complexity index is 388. The highest BCUT2D eigenvalue weighted by molar-refractivity contribution is 9.10. The highest BCUT2D eigenvalue weighted by Gasteiger charge is 2.27. The van der Waals surface area contributed by atoms with E-state index in [9.17, 15) is 5.11 Å². The van der Waals surface area contributed by atoms with Gasteiger partial charge in [-0.3, -0.25) is 0 Å². The van der Waals surface area contributed by atoms with Crippen LogP contribution in [0.15, 0.2) is 16.6 Å². The van der Waals surface area contributed by atoms with Crippen molar-refractivity contribution in [1.29, 1.82) is 0 Å². The Morgan fingerprint density at radius 1 is 1.50 bits per heavy atom. The second-order valence-corrected chi connectivity index (χ2v) is 5.62. The highest BCUT2D eigenvalue weighted by Crippen LogP contribution is 2.33. The summed E-state index contributed by atoms with van der Waals surface area (Å²) in [7, 11) is 0. The fourth-order valence-electron chi connectivity index (χ4n) is 1.98. The van der Waals surface area contributed by atoms with Gasteiger partial charge in [-0.25, -0.2) is 0 Å². The fourth-order valence-corrected chi connectivity index (χ4v) is 2.59. The third-order valence-corrected chi connectivity index (χ3v) is 3.83. The lowest BCUT2D eigenvalue weighted by Gasteiger charge is -2.14. The van der Waals surface area contributed by atoms with Crippen LogP contribution in [0.1, 0.15) is 30.9 Å². The molecule has 88 valence electrons. The molecule has 0 radical (unpaired) electrons. The van der Waals surface area contributed by atoms with Crippen LogP contribution in [-0.2, 0) is 6.54 Å². The SMILES string of the molecule is Cc1cc(Br)c(O)c(CNC(C)C2CC2)c1. The van der Waals surface area contributed by atoms with Crippen LogP contribution < -0.4 is 5.32 Å². The Kier molecular flexibility index (Phi) is 3.55. The molecule has 0 saturated heterocycles. The maximum atomic E-state index is 9.90. The number of rotatable bonds is 4. The second-order valence-electron chi connectivity index (χ2n) is 4.76. The van der Waals surface area contributed by atoms with Crippen molar-refractivity contribution < 1.29 is 5.11 Å². The van der Waals surface area contributed by atoms with Gasteiger partial charge in [-0.15, -0.1) is 0 Å². The van der Waals surface area contributed by atoms with E-state index in [1.54, 1.807) is 0 Å². The number of benzene rings is 1. The fraction of sp³-hybridized carbons (Fsp3) is 0.538. The van der Waals surface area contributed by atoms with Gasteiger partial charge in [0, 0.05) is 18.2 Å². The van der Waals surface area contributed by atoms with Gasteiger partial charge < -0.3 is 10.4 Å². The predicted molar refractivity (Wildman–Crippen MR) is 69.6 cm³/mol. The van der Waals surface area contributed by atoms with Crippen LogP contribution in [0.25, 0.3) is 0 Å². The molecule has 1 aliphatic rings. The molecule has 0 heterocycles. The van der Waals surface area contributed by atoms with Crippen LogP contribution in [0, 0.1) is 12.8 Å². The maximum Gasteiger partial charge on any atom is 0.134 e. The Morgan fingerprint density at radius 3 is 2.81 bits per heavy atom. The average molecular weight is 284 g/mol. The van der Waals surface area contributed by atoms with Gasteiger partial charge in [0.1, 0.15) is 5.75 Å². The quantitative estimate of drug-likeness (QED) is 0.888. The van der Waals surface area contributed by atoms with Crippen LogP contribution >= 0.6 is 15.9 Å². The van der Waals surface area contributed by atoms with E-state index in [4.69, 9.17) is 0 Å². The minimum absolute atomic E-state index is 0.362. The largest absolute Gasteiger partial charge is 0.506 e. The average Bonchev–Trinajstić information content (AvgIpc) is 3.04. The van der Waals surface area contributed by atoms with E-state index >= 15 is 0 Å². The smallest absolute Gasteiger partial charge is 0.134 e. The first-order valence-corrected chi connectivity index (χ1v) is 6.58. The lowest BCUT2D eigenvalue weighted by Crippen LogP contribution is -2.27. The normalized spacial score (nSPS) is 17.4. The summed E-state index contributed by atoms with van der Waals surface area (Å²) in [6.07, 6.45) is 2.69. The zero-order chi connectivity index (χ0) is 11.7. The molecule has 3 heteroatoms. The molecule has 0 aliphatic heterocycles. The predicted octanol–water partition coefficient (Wildman–Crippen LogP) is 3.35. The highest BCUT2D eigenvalue weighted by atomic mass is 79.9. The molecule has 2 rings (SSSR count). The number of aryl methyl sites for hydroxylation is 1. The van der Waals surface area contributed by atoms with Crippen molar-refractivity contribution in [2.24, 2.45) is 5.92 Å². The molecule has 1 unspecified atom stereocenters. The van der Waals surface area contributed by atoms with Gasteiger partial charge in [-0.05, 0) is 60.2 Å². The molecule has 16 heavy (non-hydrogen) atoms. The lowest BCUT2D eigenvalue weighted by atomic mass is 10.1. The van der Waals surface area contributed by atoms with Crippen molar-refractivity contribution in [3.05, 3.63) is 27.7 Å². The summed E-state index contributed by atoms with van der Waals surface area (Å²) in [4.78, 5) is 0. The van der Waals surface area contributed by atoms with Crippen molar-refractivity contribution >= 4 is 15.9 Å². The van der Waals surface area contributed by atoms with Gasteiger partial charge in [-0.2, -0.15) is 0 Å². The third-order valence-electron chi connectivity index (χ3n) is 3.23. The van der Waals surface area contributed by atoms with Crippen molar-refractivity contribution in [2.45, 2.75) is 39.3 Å². The van der Waals surface area contributed by atoms with E-state index < -0.39 is 0 Å². The standard InChI is InChI=1S/C13H18BrNO/c1-8-5-11(13(16)12(14)6-8)7-15-9(2)10-3-4-10/h5-6,9-10,15-16H,3-4,7H2,1-2H3. The molecule has 1 atom stereocenters. The molecule has 1 saturated carbocycles. The number of halogens is 1. The van der Waals surface area contributed by atoms with E-state index in [1.165, 1.54) is 18.4 Å². The van der Waals surface area contributed by atoms with Crippen LogP contribution in [0.4, 0.5) is 0 Å². The van der Waals surface area contributed by atoms with Gasteiger partial charge in [0.25, 0.3) is 0 Å². The number of phenolic OH excluding ortho intramolecular Hbond substituents is 1. The second kappa shape index (κ2) is 4.76. The van der Waals surface area contributed by atoms with Crippen LogP contribution in [0.5, 0.6) is 5.75 Å². The van der Waals surface area contributed by atoms with Crippen LogP contribution in [-0.4, -0.2) is 11.1 Å². The topological polar surface area (TPSA) is 32.3 Å². The molecule has 0 amide bonds. The summed E-state index contributed by atoms with van der Waals surface area (Å²) in [6, 6.07) is 4.52. The molecular weight excluding hydrogens is 266 g/mol. The number of phenols is 1. The van der Waals surface area contributed by atoms with Gasteiger partial charge in [-0.1, -0.05) is 6.07 Å². The van der Waals surface area contributed by atoms with Crippen molar-refractivity contribution in [2.75, 3.05) is 0 Å². The molecule has 1 aromatic carbocycles. The summed E-state index contributed by atoms with van der Waals surface area (Å²) in [5.74, 6) is 1.21. The van der Waals surface area contributed by atoms with E-state index in [0.29, 0.717) is 11.8 Å². The Hall–Kier alpha value is -0.540. The monoisotopic (exact) mass is 283 g/mol. The van der Waals surface area contributed by atoms with Crippen LogP contribution in [0.2, 0.25) is 0 Å². The van der Waals surface area contributed by atoms with Crippen molar-refractivity contribution in [1.82, 2.24) is 5.32 Å². The molecule has 1 fully saturated rings. The molecule has 2 nitrogen and oxygen atoms in total. The van der Waals surface area contributed by atoms with E-state index in [0.717, 1.165) is 22.5 Å². The zero-order valence-corrected chi connectivity index (χ0v) is 11.3. The first-order valence-electron chi connectivity index (χ1n) is 5.79.